The maximum Gasteiger partial charge on any atom is 0.414 e. The third-order valence-electron chi connectivity index (χ3n) is 5.89. The van der Waals surface area contributed by atoms with E-state index in [0.717, 1.165) is 11.0 Å². The lowest BCUT2D eigenvalue weighted by molar-refractivity contribution is -0.132. The summed E-state index contributed by atoms with van der Waals surface area (Å²) in [6.45, 7) is -0.431. The van der Waals surface area contributed by atoms with E-state index >= 15 is 4.39 Å². The Kier molecular flexibility index (Phi) is 8.13. The Morgan fingerprint density at radius 2 is 1.77 bits per heavy atom. The van der Waals surface area contributed by atoms with Gasteiger partial charge in [0.25, 0.3) is 11.8 Å². The molecule has 1 heterocycles. The number of carbonyl (C=O) groups excluding carboxylic acids is 3. The van der Waals surface area contributed by atoms with Crippen molar-refractivity contribution >= 4 is 40.7 Å². The highest BCUT2D eigenvalue weighted by Gasteiger charge is 2.33. The van der Waals surface area contributed by atoms with Gasteiger partial charge in [-0.05, 0) is 48.5 Å². The number of amides is 3. The molecule has 0 aromatic heterocycles. The molecule has 0 bridgehead atoms. The van der Waals surface area contributed by atoms with Crippen molar-refractivity contribution in [3.05, 3.63) is 94.4 Å². The first-order valence-electron chi connectivity index (χ1n) is 11.7. The first kappa shape index (κ1) is 27.2. The number of cyclic esters (lactones) is 1. The van der Waals surface area contributed by atoms with E-state index in [-0.39, 0.29) is 41.6 Å². The van der Waals surface area contributed by atoms with Gasteiger partial charge >= 0.3 is 12.5 Å². The molecule has 1 aliphatic rings. The zero-order valence-corrected chi connectivity index (χ0v) is 20.6. The number of anilines is 4. The molecule has 0 aliphatic carbocycles. The molecule has 3 aromatic rings. The van der Waals surface area contributed by atoms with E-state index in [1.807, 2.05) is 11.4 Å². The highest BCUT2D eigenvalue weighted by Crippen LogP contribution is 2.27. The van der Waals surface area contributed by atoms with Crippen molar-refractivity contribution < 1.29 is 32.3 Å². The molecular formula is C27H23F3N4O5. The molecular weight excluding hydrogens is 517 g/mol. The molecule has 1 atom stereocenters. The summed E-state index contributed by atoms with van der Waals surface area (Å²) >= 11 is 0. The topological polar surface area (TPSA) is 108 Å². The van der Waals surface area contributed by atoms with Crippen LogP contribution >= 0.6 is 0 Å². The van der Waals surface area contributed by atoms with Crippen LogP contribution in [0.3, 0.4) is 0 Å². The fourth-order valence-electron chi connectivity index (χ4n) is 3.85. The van der Waals surface area contributed by atoms with E-state index in [1.54, 1.807) is 31.3 Å². The van der Waals surface area contributed by atoms with Crippen molar-refractivity contribution in [2.75, 3.05) is 35.3 Å². The fraction of sp³-hybridized carbons (Fsp3) is 0.185. The number of carbonyl (C=O) groups is 3. The summed E-state index contributed by atoms with van der Waals surface area (Å²) in [4.78, 5) is 51.4. The number of halogens is 3. The van der Waals surface area contributed by atoms with Gasteiger partial charge in [0.05, 0.1) is 30.2 Å². The third-order valence-corrected chi connectivity index (χ3v) is 5.89. The third kappa shape index (κ3) is 6.35. The second-order valence-electron chi connectivity index (χ2n) is 8.55. The predicted octanol–water partition coefficient (Wildman–Crippen LogP) is 3.91. The van der Waals surface area contributed by atoms with Crippen LogP contribution < -0.4 is 25.9 Å². The molecule has 1 saturated heterocycles. The average Bonchev–Trinajstić information content (AvgIpc) is 3.20. The molecule has 3 aromatic carbocycles. The van der Waals surface area contributed by atoms with Crippen molar-refractivity contribution in [2.24, 2.45) is 0 Å². The Labute approximate surface area is 220 Å². The number of alkyl halides is 2. The van der Waals surface area contributed by atoms with E-state index in [0.29, 0.717) is 5.69 Å². The Morgan fingerprint density at radius 3 is 2.46 bits per heavy atom. The van der Waals surface area contributed by atoms with Gasteiger partial charge in [-0.15, -0.1) is 0 Å². The standard InChI is InChI=1S/C27H23F3N4O5/c1-33(17-7-3-2-4-8-17)26(37)16-6-5-9-23(35)22(12-16)32-21-11-10-18(13-20(21)28)34-15-19(39-27(34)38)14-31-25(36)24(29)30/h2-13,19,24H,14-15H2,1H3,(H,31,36)(H,32,35)/t19-/m0/s1. The normalized spacial score (nSPS) is 14.6. The van der Waals surface area contributed by atoms with Crippen LogP contribution in [-0.2, 0) is 9.53 Å². The maximum atomic E-state index is 15.0. The molecule has 0 spiro atoms. The first-order chi connectivity index (χ1) is 18.6. The van der Waals surface area contributed by atoms with Gasteiger partial charge in [-0.1, -0.05) is 24.3 Å². The van der Waals surface area contributed by atoms with Gasteiger partial charge < -0.3 is 20.3 Å². The molecule has 2 N–H and O–H groups in total. The van der Waals surface area contributed by atoms with Crippen LogP contribution in [0.25, 0.3) is 0 Å². The fourth-order valence-corrected chi connectivity index (χ4v) is 3.85. The van der Waals surface area contributed by atoms with Gasteiger partial charge in [0.1, 0.15) is 11.9 Å². The molecule has 4 rings (SSSR count). The summed E-state index contributed by atoms with van der Waals surface area (Å²) in [6, 6.07) is 18.1. The molecule has 1 fully saturated rings. The molecule has 0 unspecified atom stereocenters. The number of para-hydroxylation sites is 1. The molecule has 3 amide bonds. The molecule has 0 saturated carbocycles. The van der Waals surface area contributed by atoms with Crippen LogP contribution in [0.1, 0.15) is 10.4 Å². The summed E-state index contributed by atoms with van der Waals surface area (Å²) in [7, 11) is 1.59. The van der Waals surface area contributed by atoms with E-state index in [2.05, 4.69) is 5.32 Å². The maximum absolute atomic E-state index is 15.0. The summed E-state index contributed by atoms with van der Waals surface area (Å²) in [6.07, 6.45) is -4.94. The van der Waals surface area contributed by atoms with Crippen molar-refractivity contribution in [3.63, 3.8) is 0 Å². The quantitative estimate of drug-likeness (QED) is 0.449. The molecule has 0 radical (unpaired) electrons. The van der Waals surface area contributed by atoms with E-state index in [1.165, 1.54) is 41.3 Å². The number of nitrogens with one attached hydrogen (secondary N) is 2. The summed E-state index contributed by atoms with van der Waals surface area (Å²) < 4.78 is 44.8. The zero-order valence-electron chi connectivity index (χ0n) is 20.6. The predicted molar refractivity (Wildman–Crippen MR) is 138 cm³/mol. The largest absolute Gasteiger partial charge is 0.442 e. The van der Waals surface area contributed by atoms with Gasteiger partial charge in [0.2, 0.25) is 5.43 Å². The van der Waals surface area contributed by atoms with Crippen molar-refractivity contribution in [1.82, 2.24) is 5.32 Å². The minimum Gasteiger partial charge on any atom is -0.442 e. The molecule has 12 heteroatoms. The summed E-state index contributed by atoms with van der Waals surface area (Å²) in [5.41, 5.74) is 0.320. The van der Waals surface area contributed by atoms with Crippen LogP contribution in [0.5, 0.6) is 0 Å². The van der Waals surface area contributed by atoms with E-state index in [4.69, 9.17) is 4.74 Å². The summed E-state index contributed by atoms with van der Waals surface area (Å²) in [5.74, 6) is -2.69. The van der Waals surface area contributed by atoms with Gasteiger partial charge in [-0.3, -0.25) is 19.3 Å². The van der Waals surface area contributed by atoms with Gasteiger partial charge in [-0.25, -0.2) is 9.18 Å². The van der Waals surface area contributed by atoms with Crippen LogP contribution in [0, 0.1) is 5.82 Å². The Bertz CT molecular complexity index is 1460. The van der Waals surface area contributed by atoms with Gasteiger partial charge in [-0.2, -0.15) is 8.78 Å². The number of hydrogen-bond donors (Lipinski definition) is 2. The van der Waals surface area contributed by atoms with Gasteiger partial charge in [0.15, 0.2) is 0 Å². The lowest BCUT2D eigenvalue weighted by Gasteiger charge is -2.17. The monoisotopic (exact) mass is 540 g/mol. The van der Waals surface area contributed by atoms with E-state index < -0.39 is 35.8 Å². The molecule has 1 aliphatic heterocycles. The number of rotatable bonds is 8. The van der Waals surface area contributed by atoms with Crippen LogP contribution in [0.4, 0.5) is 40.7 Å². The van der Waals surface area contributed by atoms with Crippen molar-refractivity contribution in [1.29, 1.82) is 0 Å². The SMILES string of the molecule is CN(C(=O)c1cccc(=O)c(Nc2ccc(N3C[C@H](CNC(=O)C(F)F)OC3=O)cc2F)c1)c1ccccc1. The van der Waals surface area contributed by atoms with Crippen LogP contribution in [0.15, 0.2) is 77.6 Å². The van der Waals surface area contributed by atoms with E-state index in [9.17, 15) is 28.0 Å². The van der Waals surface area contributed by atoms with Gasteiger partial charge in [0, 0.05) is 18.3 Å². The second-order valence-corrected chi connectivity index (χ2v) is 8.55. The zero-order chi connectivity index (χ0) is 28.1. The lowest BCUT2D eigenvalue weighted by atomic mass is 10.2. The minimum absolute atomic E-state index is 0.0492. The molecule has 39 heavy (non-hydrogen) atoms. The Morgan fingerprint density at radius 1 is 1.03 bits per heavy atom. The van der Waals surface area contributed by atoms with Crippen molar-refractivity contribution in [2.45, 2.75) is 12.5 Å². The molecule has 202 valence electrons. The Hall–Kier alpha value is -4.87. The highest BCUT2D eigenvalue weighted by atomic mass is 19.3. The minimum atomic E-state index is -3.20. The van der Waals surface area contributed by atoms with Crippen LogP contribution in [-0.4, -0.2) is 50.6 Å². The van der Waals surface area contributed by atoms with Crippen LogP contribution in [0.2, 0.25) is 0 Å². The average molecular weight is 540 g/mol. The second kappa shape index (κ2) is 11.7. The summed E-state index contributed by atoms with van der Waals surface area (Å²) in [5, 5.41) is 4.67. The number of ether oxygens (including phenoxy) is 1. The number of nitrogens with zero attached hydrogens (tertiary/aromatic N) is 2. The number of benzene rings is 2. The molecule has 9 nitrogen and oxygen atoms in total. The van der Waals surface area contributed by atoms with Crippen molar-refractivity contribution in [3.8, 4) is 0 Å². The first-order valence-corrected chi connectivity index (χ1v) is 11.7. The highest BCUT2D eigenvalue weighted by molar-refractivity contribution is 6.06. The lowest BCUT2D eigenvalue weighted by Crippen LogP contribution is -2.37. The Balaban J connectivity index is 1.50. The number of hydrogen-bond acceptors (Lipinski definition) is 6. The smallest absolute Gasteiger partial charge is 0.414 e.